The summed E-state index contributed by atoms with van der Waals surface area (Å²) in [5.41, 5.74) is 0.842. The molecule has 0 N–H and O–H groups in total. The maximum Gasteiger partial charge on any atom is 0.253 e. The summed E-state index contributed by atoms with van der Waals surface area (Å²) < 4.78 is 37.9. The average molecular weight is 488 g/mol. The van der Waals surface area contributed by atoms with Crippen molar-refractivity contribution in [3.63, 3.8) is 0 Å². The Balaban J connectivity index is 1.42. The van der Waals surface area contributed by atoms with E-state index in [4.69, 9.17) is 9.47 Å². The Labute approximate surface area is 197 Å². The van der Waals surface area contributed by atoms with Crippen LogP contribution in [0.4, 0.5) is 5.69 Å². The minimum Gasteiger partial charge on any atom is -0.493 e. The molecular formula is C23H25N3O7S. The third-order valence-electron chi connectivity index (χ3n) is 5.94. The number of ether oxygens (including phenoxy) is 2. The molecule has 0 bridgehead atoms. The highest BCUT2D eigenvalue weighted by atomic mass is 32.2. The van der Waals surface area contributed by atoms with Gasteiger partial charge in [0.15, 0.2) is 11.5 Å². The smallest absolute Gasteiger partial charge is 0.253 e. The summed E-state index contributed by atoms with van der Waals surface area (Å²) >= 11 is 0. The molecule has 2 fully saturated rings. The minimum atomic E-state index is -3.77. The molecule has 2 aliphatic rings. The fourth-order valence-electron chi connectivity index (χ4n) is 4.06. The van der Waals surface area contributed by atoms with Crippen LogP contribution in [0, 0.1) is 0 Å². The second-order valence-electron chi connectivity index (χ2n) is 7.88. The van der Waals surface area contributed by atoms with Gasteiger partial charge in [0.2, 0.25) is 21.8 Å². The molecule has 2 saturated heterocycles. The second kappa shape index (κ2) is 9.43. The molecule has 0 aliphatic carbocycles. The first kappa shape index (κ1) is 23.7. The molecule has 2 aromatic carbocycles. The Morgan fingerprint density at radius 1 is 0.824 bits per heavy atom. The van der Waals surface area contributed by atoms with E-state index in [1.807, 2.05) is 0 Å². The second-order valence-corrected chi connectivity index (χ2v) is 9.82. The number of rotatable bonds is 6. The number of carbonyl (C=O) groups is 3. The molecular weight excluding hydrogens is 462 g/mol. The van der Waals surface area contributed by atoms with Gasteiger partial charge in [-0.3, -0.25) is 19.3 Å². The maximum absolute atomic E-state index is 13.1. The zero-order valence-electron chi connectivity index (χ0n) is 18.9. The lowest BCUT2D eigenvalue weighted by Crippen LogP contribution is -2.50. The van der Waals surface area contributed by atoms with Gasteiger partial charge in [-0.2, -0.15) is 4.31 Å². The van der Waals surface area contributed by atoms with Crippen LogP contribution in [0.25, 0.3) is 0 Å². The van der Waals surface area contributed by atoms with Crippen LogP contribution in [0.15, 0.2) is 47.4 Å². The van der Waals surface area contributed by atoms with Crippen molar-refractivity contribution in [1.29, 1.82) is 0 Å². The number of nitrogens with zero attached hydrogens (tertiary/aromatic N) is 3. The van der Waals surface area contributed by atoms with Crippen molar-refractivity contribution in [3.05, 3.63) is 48.0 Å². The monoisotopic (exact) mass is 487 g/mol. The fourth-order valence-corrected chi connectivity index (χ4v) is 5.50. The number of amides is 3. The van der Waals surface area contributed by atoms with Gasteiger partial charge in [0.25, 0.3) is 5.91 Å². The van der Waals surface area contributed by atoms with Gasteiger partial charge in [-0.1, -0.05) is 0 Å². The molecule has 180 valence electrons. The molecule has 34 heavy (non-hydrogen) atoms. The zero-order valence-corrected chi connectivity index (χ0v) is 19.7. The highest BCUT2D eigenvalue weighted by Gasteiger charge is 2.32. The van der Waals surface area contributed by atoms with Crippen molar-refractivity contribution >= 4 is 33.4 Å². The molecule has 11 heteroatoms. The quantitative estimate of drug-likeness (QED) is 0.568. The van der Waals surface area contributed by atoms with Crippen LogP contribution in [-0.2, 0) is 19.6 Å². The van der Waals surface area contributed by atoms with Gasteiger partial charge in [-0.05, 0) is 36.4 Å². The molecule has 2 heterocycles. The Hall–Kier alpha value is -3.44. The summed E-state index contributed by atoms with van der Waals surface area (Å²) in [5.74, 6) is 0.0000732. The van der Waals surface area contributed by atoms with E-state index in [9.17, 15) is 22.8 Å². The predicted molar refractivity (Wildman–Crippen MR) is 122 cm³/mol. The molecule has 3 amide bonds. The van der Waals surface area contributed by atoms with Crippen molar-refractivity contribution in [3.8, 4) is 11.5 Å². The third kappa shape index (κ3) is 4.36. The van der Waals surface area contributed by atoms with Gasteiger partial charge < -0.3 is 14.4 Å². The SMILES string of the molecule is COc1ccc(S(=O)(=O)N2CCN(C(=O)c3ccc(N4C(=O)CCC4=O)cc3)CC2)cc1OC. The number of hydrogen-bond donors (Lipinski definition) is 0. The molecule has 2 aliphatic heterocycles. The molecule has 0 unspecified atom stereocenters. The summed E-state index contributed by atoms with van der Waals surface area (Å²) in [4.78, 5) is 39.5. The summed E-state index contributed by atoms with van der Waals surface area (Å²) in [5, 5.41) is 0. The van der Waals surface area contributed by atoms with E-state index in [-0.39, 0.29) is 61.6 Å². The fraction of sp³-hybridized carbons (Fsp3) is 0.348. The van der Waals surface area contributed by atoms with Gasteiger partial charge in [0.1, 0.15) is 0 Å². The summed E-state index contributed by atoms with van der Waals surface area (Å²) in [6, 6.07) is 10.7. The molecule has 10 nitrogen and oxygen atoms in total. The highest BCUT2D eigenvalue weighted by Crippen LogP contribution is 2.31. The van der Waals surface area contributed by atoms with Crippen LogP contribution in [0.2, 0.25) is 0 Å². The van der Waals surface area contributed by atoms with Crippen LogP contribution in [-0.4, -0.2) is 75.7 Å². The van der Waals surface area contributed by atoms with Crippen molar-refractivity contribution in [2.45, 2.75) is 17.7 Å². The van der Waals surface area contributed by atoms with Crippen LogP contribution in [0.5, 0.6) is 11.5 Å². The lowest BCUT2D eigenvalue weighted by Gasteiger charge is -2.34. The first-order valence-corrected chi connectivity index (χ1v) is 12.2. The molecule has 0 saturated carbocycles. The molecule has 0 atom stereocenters. The average Bonchev–Trinajstić information content (AvgIpc) is 3.20. The number of anilines is 1. The third-order valence-corrected chi connectivity index (χ3v) is 7.84. The van der Waals surface area contributed by atoms with Gasteiger partial charge in [-0.15, -0.1) is 0 Å². The van der Waals surface area contributed by atoms with Crippen molar-refractivity contribution in [2.75, 3.05) is 45.3 Å². The van der Waals surface area contributed by atoms with Crippen molar-refractivity contribution < 1.29 is 32.3 Å². The normalized spacial score (nSPS) is 17.2. The number of hydrogen-bond acceptors (Lipinski definition) is 7. The number of imide groups is 1. The number of methoxy groups -OCH3 is 2. The predicted octanol–water partition coefficient (Wildman–Crippen LogP) is 1.50. The highest BCUT2D eigenvalue weighted by molar-refractivity contribution is 7.89. The molecule has 0 aromatic heterocycles. The first-order chi connectivity index (χ1) is 16.3. The Morgan fingerprint density at radius 2 is 1.41 bits per heavy atom. The van der Waals surface area contributed by atoms with E-state index >= 15 is 0 Å². The van der Waals surface area contributed by atoms with Gasteiger partial charge in [-0.25, -0.2) is 8.42 Å². The number of piperazine rings is 1. The van der Waals surface area contributed by atoms with Crippen LogP contribution < -0.4 is 14.4 Å². The van der Waals surface area contributed by atoms with Crippen LogP contribution in [0.1, 0.15) is 23.2 Å². The lowest BCUT2D eigenvalue weighted by molar-refractivity contribution is -0.121. The molecule has 0 spiro atoms. The summed E-state index contributed by atoms with van der Waals surface area (Å²) in [6.45, 7) is 0.765. The molecule has 4 rings (SSSR count). The minimum absolute atomic E-state index is 0.0894. The largest absolute Gasteiger partial charge is 0.493 e. The van der Waals surface area contributed by atoms with E-state index in [1.165, 1.54) is 30.7 Å². The Bertz CT molecular complexity index is 1200. The molecule has 0 radical (unpaired) electrons. The van der Waals surface area contributed by atoms with E-state index in [0.717, 1.165) is 4.90 Å². The van der Waals surface area contributed by atoms with Crippen molar-refractivity contribution in [1.82, 2.24) is 9.21 Å². The number of benzene rings is 2. The molecule has 2 aromatic rings. The van der Waals surface area contributed by atoms with Crippen LogP contribution >= 0.6 is 0 Å². The summed E-state index contributed by atoms with van der Waals surface area (Å²) in [7, 11) is -0.858. The van der Waals surface area contributed by atoms with E-state index in [0.29, 0.717) is 22.7 Å². The zero-order chi connectivity index (χ0) is 24.5. The number of sulfonamides is 1. The van der Waals surface area contributed by atoms with E-state index in [2.05, 4.69) is 0 Å². The Kier molecular flexibility index (Phi) is 6.58. The van der Waals surface area contributed by atoms with E-state index in [1.54, 1.807) is 35.2 Å². The first-order valence-electron chi connectivity index (χ1n) is 10.7. The lowest BCUT2D eigenvalue weighted by atomic mass is 10.1. The summed E-state index contributed by atoms with van der Waals surface area (Å²) in [6.07, 6.45) is 0.381. The van der Waals surface area contributed by atoms with Gasteiger partial charge in [0.05, 0.1) is 24.8 Å². The van der Waals surface area contributed by atoms with Crippen molar-refractivity contribution in [2.24, 2.45) is 0 Å². The standard InChI is InChI=1S/C23H25N3O7S/c1-32-19-8-7-18(15-20(19)33-2)34(30,31)25-13-11-24(12-14-25)23(29)16-3-5-17(6-4-16)26-21(27)9-10-22(26)28/h3-8,15H,9-14H2,1-2H3. The topological polar surface area (TPSA) is 114 Å². The number of carbonyl (C=O) groups excluding carboxylic acids is 3. The maximum atomic E-state index is 13.1. The van der Waals surface area contributed by atoms with Gasteiger partial charge in [0, 0.05) is 50.7 Å². The Morgan fingerprint density at radius 3 is 1.97 bits per heavy atom. The van der Waals surface area contributed by atoms with E-state index < -0.39 is 10.0 Å². The van der Waals surface area contributed by atoms with Gasteiger partial charge >= 0.3 is 0 Å². The van der Waals surface area contributed by atoms with Crippen LogP contribution in [0.3, 0.4) is 0 Å².